The van der Waals surface area contributed by atoms with Gasteiger partial charge in [-0.3, -0.25) is 9.97 Å². The maximum Gasteiger partial charge on any atom is 0.263 e. The number of nitrogens with zero attached hydrogens (tertiary/aromatic N) is 6. The molecule has 12 heteroatoms. The third-order valence-electron chi connectivity index (χ3n) is 7.65. The highest BCUT2D eigenvalue weighted by Gasteiger charge is 2.56. The number of rotatable bonds is 8. The number of alkyl halides is 2. The Morgan fingerprint density at radius 2 is 1.91 bits per heavy atom. The van der Waals surface area contributed by atoms with Gasteiger partial charge in [0.05, 0.1) is 27.3 Å². The number of halogens is 4. The molecule has 0 bridgehead atoms. The molecule has 1 saturated carbocycles. The molecule has 8 nitrogen and oxygen atoms in total. The number of hydrogen-bond donors (Lipinski definition) is 2. The molecular formula is C31H28ClF3N8. The molecule has 220 valence electrons. The van der Waals surface area contributed by atoms with E-state index in [1.54, 1.807) is 36.5 Å². The Morgan fingerprint density at radius 1 is 1.12 bits per heavy atom. The van der Waals surface area contributed by atoms with Crippen LogP contribution in [-0.2, 0) is 5.54 Å². The Bertz CT molecular complexity index is 1880. The number of pyridine rings is 2. The fraction of sp³-hybridized carbons (Fsp3) is 0.323. The Labute approximate surface area is 250 Å². The maximum atomic E-state index is 16.0. The number of aromatic nitrogens is 5. The fourth-order valence-electron chi connectivity index (χ4n) is 5.20. The third-order valence-corrected chi connectivity index (χ3v) is 7.93. The fourth-order valence-corrected chi connectivity index (χ4v) is 5.47. The Kier molecular flexibility index (Phi) is 7.13. The molecule has 2 N–H and O–H groups in total. The van der Waals surface area contributed by atoms with Gasteiger partial charge in [0, 0.05) is 35.4 Å². The van der Waals surface area contributed by atoms with Crippen molar-refractivity contribution in [2.24, 2.45) is 5.41 Å². The van der Waals surface area contributed by atoms with Gasteiger partial charge in [0.2, 0.25) is 5.95 Å². The molecule has 43 heavy (non-hydrogen) atoms. The van der Waals surface area contributed by atoms with Crippen molar-refractivity contribution in [3.05, 3.63) is 82.6 Å². The molecular weight excluding hydrogens is 577 g/mol. The lowest BCUT2D eigenvalue weighted by Crippen LogP contribution is -2.29. The number of anilines is 2. The zero-order valence-electron chi connectivity index (χ0n) is 23.7. The summed E-state index contributed by atoms with van der Waals surface area (Å²) in [5.41, 5.74) is 1.23. The lowest BCUT2D eigenvalue weighted by Gasteiger charge is -2.23. The monoisotopic (exact) mass is 604 g/mol. The van der Waals surface area contributed by atoms with E-state index in [1.165, 1.54) is 6.20 Å². The first-order valence-corrected chi connectivity index (χ1v) is 14.2. The molecule has 1 atom stereocenters. The predicted molar refractivity (Wildman–Crippen MR) is 160 cm³/mol. The molecule has 0 aliphatic heterocycles. The molecule has 0 spiro atoms. The van der Waals surface area contributed by atoms with Crippen LogP contribution in [0, 0.1) is 22.7 Å². The molecule has 6 rings (SSSR count). The van der Waals surface area contributed by atoms with Crippen molar-refractivity contribution in [1.82, 2.24) is 25.0 Å². The SMILES string of the molecule is CC(C)(C)CNc1c(C#N)cnc2c(Cl)cc(NC(c3nnn(C4(C(F)F)CC4)c3F)c3cccc4ncccc34)cc12. The van der Waals surface area contributed by atoms with Crippen LogP contribution < -0.4 is 10.6 Å². The zero-order chi connectivity index (χ0) is 30.5. The molecule has 1 aliphatic carbocycles. The number of benzene rings is 2. The van der Waals surface area contributed by atoms with E-state index in [9.17, 15) is 14.0 Å². The summed E-state index contributed by atoms with van der Waals surface area (Å²) in [4.78, 5) is 8.84. The van der Waals surface area contributed by atoms with Crippen molar-refractivity contribution >= 4 is 44.8 Å². The van der Waals surface area contributed by atoms with E-state index < -0.39 is 24.0 Å². The second-order valence-corrected chi connectivity index (χ2v) is 12.4. The zero-order valence-corrected chi connectivity index (χ0v) is 24.4. The lowest BCUT2D eigenvalue weighted by molar-refractivity contribution is 0.0524. The predicted octanol–water partition coefficient (Wildman–Crippen LogP) is 7.45. The van der Waals surface area contributed by atoms with Gasteiger partial charge in [-0.25, -0.2) is 13.5 Å². The minimum atomic E-state index is -2.79. The van der Waals surface area contributed by atoms with Crippen LogP contribution in [0.4, 0.5) is 24.5 Å². The van der Waals surface area contributed by atoms with Gasteiger partial charge in [-0.05, 0) is 48.1 Å². The van der Waals surface area contributed by atoms with Gasteiger partial charge < -0.3 is 10.6 Å². The third kappa shape index (κ3) is 5.20. The molecule has 0 amide bonds. The molecule has 1 unspecified atom stereocenters. The van der Waals surface area contributed by atoms with E-state index >= 15 is 4.39 Å². The minimum absolute atomic E-state index is 0.0873. The van der Waals surface area contributed by atoms with Gasteiger partial charge >= 0.3 is 0 Å². The highest BCUT2D eigenvalue weighted by molar-refractivity contribution is 6.35. The number of fused-ring (bicyclic) bond motifs is 2. The number of nitriles is 1. The maximum absolute atomic E-state index is 16.0. The summed E-state index contributed by atoms with van der Waals surface area (Å²) < 4.78 is 44.6. The van der Waals surface area contributed by atoms with Crippen LogP contribution >= 0.6 is 11.6 Å². The van der Waals surface area contributed by atoms with Crippen LogP contribution in [0.15, 0.2) is 54.9 Å². The minimum Gasteiger partial charge on any atom is -0.383 e. The molecule has 5 aromatic rings. The Hall–Kier alpha value is -4.43. The largest absolute Gasteiger partial charge is 0.383 e. The highest BCUT2D eigenvalue weighted by Crippen LogP contribution is 2.49. The molecule has 0 saturated heterocycles. The molecule has 3 aromatic heterocycles. The van der Waals surface area contributed by atoms with E-state index in [1.807, 2.05) is 12.1 Å². The summed E-state index contributed by atoms with van der Waals surface area (Å²) in [5.74, 6) is -0.941. The quantitative estimate of drug-likeness (QED) is 0.189. The van der Waals surface area contributed by atoms with Crippen molar-refractivity contribution < 1.29 is 13.2 Å². The first kappa shape index (κ1) is 28.7. The van der Waals surface area contributed by atoms with Gasteiger partial charge in [0.25, 0.3) is 6.43 Å². The second-order valence-electron chi connectivity index (χ2n) is 12.0. The van der Waals surface area contributed by atoms with E-state index in [4.69, 9.17) is 11.6 Å². The van der Waals surface area contributed by atoms with Crippen LogP contribution in [-0.4, -0.2) is 37.9 Å². The topological polar surface area (TPSA) is 104 Å². The van der Waals surface area contributed by atoms with Crippen molar-refractivity contribution in [3.8, 4) is 6.07 Å². The first-order valence-electron chi connectivity index (χ1n) is 13.8. The van der Waals surface area contributed by atoms with E-state index in [-0.39, 0.29) is 24.0 Å². The second kappa shape index (κ2) is 10.7. The Balaban J connectivity index is 1.51. The highest BCUT2D eigenvalue weighted by atomic mass is 35.5. The average molecular weight is 605 g/mol. The lowest BCUT2D eigenvalue weighted by atomic mass is 9.96. The summed E-state index contributed by atoms with van der Waals surface area (Å²) in [6.07, 6.45) is 0.562. The van der Waals surface area contributed by atoms with Crippen LogP contribution in [0.1, 0.15) is 56.5 Å². The molecule has 1 aliphatic rings. The van der Waals surface area contributed by atoms with Gasteiger partial charge in [-0.1, -0.05) is 55.8 Å². The van der Waals surface area contributed by atoms with Gasteiger partial charge in [-0.15, -0.1) is 5.10 Å². The summed E-state index contributed by atoms with van der Waals surface area (Å²) >= 11 is 6.72. The van der Waals surface area contributed by atoms with E-state index in [2.05, 4.69) is 57.8 Å². The summed E-state index contributed by atoms with van der Waals surface area (Å²) in [6.45, 7) is 6.78. The van der Waals surface area contributed by atoms with Crippen LogP contribution in [0.5, 0.6) is 0 Å². The van der Waals surface area contributed by atoms with Crippen LogP contribution in [0.3, 0.4) is 0 Å². The summed E-state index contributed by atoms with van der Waals surface area (Å²) in [5, 5.41) is 26.1. The Morgan fingerprint density at radius 3 is 2.60 bits per heavy atom. The molecule has 3 heterocycles. The van der Waals surface area contributed by atoms with Crippen molar-refractivity contribution in [2.75, 3.05) is 17.2 Å². The van der Waals surface area contributed by atoms with Gasteiger partial charge in [-0.2, -0.15) is 9.65 Å². The number of hydrogen-bond acceptors (Lipinski definition) is 7. The summed E-state index contributed by atoms with van der Waals surface area (Å²) in [6, 6.07) is 13.7. The molecule has 2 aromatic carbocycles. The molecule has 1 fully saturated rings. The van der Waals surface area contributed by atoms with Gasteiger partial charge in [0.1, 0.15) is 23.3 Å². The van der Waals surface area contributed by atoms with Crippen molar-refractivity contribution in [1.29, 1.82) is 5.26 Å². The molecule has 0 radical (unpaired) electrons. The van der Waals surface area contributed by atoms with Crippen LogP contribution in [0.2, 0.25) is 5.02 Å². The number of nitrogens with one attached hydrogen (secondary N) is 2. The van der Waals surface area contributed by atoms with E-state index in [0.717, 1.165) is 10.1 Å². The standard InChI is InChI=1S/C31H28ClF3N8/c1-30(2,3)16-39-24-17(14-36)15-38-25-21(24)12-18(13-22(25)32)40-26(20-6-4-8-23-19(20)7-5-11-37-23)27-28(33)43(42-41-27)31(9-10-31)29(34)35/h4-8,11-13,15,26,29,40H,9-10,16H2,1-3H3,(H,38,39). The normalized spacial score (nSPS) is 15.0. The van der Waals surface area contributed by atoms with Gasteiger partial charge in [0.15, 0.2) is 0 Å². The summed E-state index contributed by atoms with van der Waals surface area (Å²) in [7, 11) is 0. The first-order chi connectivity index (χ1) is 20.5. The van der Waals surface area contributed by atoms with Crippen molar-refractivity contribution in [2.45, 2.75) is 51.6 Å². The average Bonchev–Trinajstić information content (AvgIpc) is 3.70. The van der Waals surface area contributed by atoms with E-state index in [0.29, 0.717) is 50.5 Å². The smallest absolute Gasteiger partial charge is 0.263 e. The van der Waals surface area contributed by atoms with Crippen molar-refractivity contribution in [3.63, 3.8) is 0 Å². The van der Waals surface area contributed by atoms with Crippen LogP contribution in [0.25, 0.3) is 21.8 Å².